The van der Waals surface area contributed by atoms with E-state index in [1.807, 2.05) is 6.92 Å². The minimum Gasteiger partial charge on any atom is -0.288 e. The lowest BCUT2D eigenvalue weighted by molar-refractivity contribution is -0.133. The van der Waals surface area contributed by atoms with Gasteiger partial charge in [0.1, 0.15) is 5.57 Å². The molecule has 0 unspecified atom stereocenters. The minimum absolute atomic E-state index is 0.0536. The van der Waals surface area contributed by atoms with Gasteiger partial charge in [-0.1, -0.05) is 50.4 Å². The van der Waals surface area contributed by atoms with Crippen LogP contribution >= 0.6 is 35.7 Å². The molecule has 2 heterocycles. The fourth-order valence-electron chi connectivity index (χ4n) is 2.66. The van der Waals surface area contributed by atoms with Crippen molar-refractivity contribution < 1.29 is 9.59 Å². The van der Waals surface area contributed by atoms with Gasteiger partial charge in [0.15, 0.2) is 5.11 Å². The number of hydrogen-bond acceptors (Lipinski definition) is 5. The number of carbonyl (C=O) groups excluding carboxylic acids is 2. The molecule has 132 valence electrons. The Balaban J connectivity index is 2.02. The van der Waals surface area contributed by atoms with Gasteiger partial charge in [-0.15, -0.1) is 0 Å². The smallest absolute Gasteiger partial charge is 0.267 e. The van der Waals surface area contributed by atoms with E-state index in [2.05, 4.69) is 39.0 Å². The molecule has 1 aromatic rings. The average molecular weight is 393 g/mol. The highest BCUT2D eigenvalue weighted by Gasteiger charge is 2.40. The van der Waals surface area contributed by atoms with Gasteiger partial charge in [0.2, 0.25) is 0 Å². The molecule has 4 nitrogen and oxygen atoms in total. The molecule has 0 atom stereocenters. The summed E-state index contributed by atoms with van der Waals surface area (Å²) in [6.45, 7) is 8.82. The Labute approximate surface area is 162 Å². The second kappa shape index (κ2) is 6.45. The summed E-state index contributed by atoms with van der Waals surface area (Å²) in [6, 6.07) is 6.35. The van der Waals surface area contributed by atoms with Crippen LogP contribution in [0.25, 0.3) is 0 Å². The molecule has 25 heavy (non-hydrogen) atoms. The molecule has 2 aliphatic heterocycles. The number of benzene rings is 1. The zero-order valence-electron chi connectivity index (χ0n) is 14.9. The Bertz CT molecular complexity index is 824. The van der Waals surface area contributed by atoms with Gasteiger partial charge in [-0.05, 0) is 42.3 Å². The van der Waals surface area contributed by atoms with E-state index in [9.17, 15) is 9.59 Å². The molecule has 1 fully saturated rings. The first-order valence-corrected chi connectivity index (χ1v) is 10.1. The van der Waals surface area contributed by atoms with Gasteiger partial charge in [-0.25, -0.2) is 0 Å². The molecule has 0 radical (unpaired) electrons. The van der Waals surface area contributed by atoms with E-state index in [0.29, 0.717) is 6.54 Å². The zero-order valence-corrected chi connectivity index (χ0v) is 17.3. The van der Waals surface area contributed by atoms with Gasteiger partial charge in [-0.3, -0.25) is 19.4 Å². The summed E-state index contributed by atoms with van der Waals surface area (Å²) >= 11 is 8.22. The highest BCUT2D eigenvalue weighted by atomic mass is 32.2. The van der Waals surface area contributed by atoms with E-state index in [-0.39, 0.29) is 27.9 Å². The van der Waals surface area contributed by atoms with E-state index in [4.69, 9.17) is 12.2 Å². The van der Waals surface area contributed by atoms with Gasteiger partial charge >= 0.3 is 0 Å². The molecule has 0 spiro atoms. The van der Waals surface area contributed by atoms with Crippen LogP contribution in [-0.2, 0) is 15.0 Å². The molecule has 1 aromatic carbocycles. The van der Waals surface area contributed by atoms with Crippen LogP contribution in [-0.4, -0.2) is 40.3 Å². The maximum Gasteiger partial charge on any atom is 0.267 e. The van der Waals surface area contributed by atoms with Crippen molar-refractivity contribution in [2.24, 2.45) is 0 Å². The van der Waals surface area contributed by atoms with Crippen LogP contribution < -0.4 is 0 Å². The highest BCUT2D eigenvalue weighted by molar-refractivity contribution is 8.24. The summed E-state index contributed by atoms with van der Waals surface area (Å²) in [5, 5.41) is 0.266. The summed E-state index contributed by atoms with van der Waals surface area (Å²) in [6.07, 6.45) is 0. The fourth-order valence-corrected chi connectivity index (χ4v) is 5.52. The summed E-state index contributed by atoms with van der Waals surface area (Å²) < 4.78 is 0.740. The second-order valence-electron chi connectivity index (χ2n) is 6.97. The van der Waals surface area contributed by atoms with Crippen LogP contribution in [0.1, 0.15) is 33.3 Å². The molecule has 0 N–H and O–H groups in total. The molecule has 0 saturated carbocycles. The van der Waals surface area contributed by atoms with E-state index in [1.54, 1.807) is 7.05 Å². The number of hydrogen-bond donors (Lipinski definition) is 0. The standard InChI is InChI=1S/C18H20N2O2S3/c1-6-20-15(22)13(14(21)19(5)17(20)23)16-24-11-8-7-10(18(2,3)4)9-12(11)25-16/h7-9H,6H2,1-5H3. The van der Waals surface area contributed by atoms with Crippen molar-refractivity contribution in [3.8, 4) is 0 Å². The SMILES string of the molecule is CCN1C(=O)C(=C2Sc3ccc(C(C)(C)C)cc3S2)C(=O)N(C)C1=S. The highest BCUT2D eigenvalue weighted by Crippen LogP contribution is 2.53. The first-order chi connectivity index (χ1) is 11.6. The molecular formula is C18H20N2O2S3. The third-order valence-electron chi connectivity index (χ3n) is 4.23. The van der Waals surface area contributed by atoms with Crippen LogP contribution in [0.15, 0.2) is 37.8 Å². The Morgan fingerprint density at radius 2 is 1.72 bits per heavy atom. The number of amides is 2. The monoisotopic (exact) mass is 392 g/mol. The summed E-state index contributed by atoms with van der Waals surface area (Å²) in [5.74, 6) is -0.618. The quantitative estimate of drug-likeness (QED) is 0.410. The van der Waals surface area contributed by atoms with Crippen molar-refractivity contribution in [1.82, 2.24) is 9.80 Å². The molecule has 0 aliphatic carbocycles. The fraction of sp³-hybridized carbons (Fsp3) is 0.389. The predicted molar refractivity (Wildman–Crippen MR) is 107 cm³/mol. The normalized spacial score (nSPS) is 21.2. The topological polar surface area (TPSA) is 40.6 Å². The average Bonchev–Trinajstić information content (AvgIpc) is 2.95. The molecule has 7 heteroatoms. The summed E-state index contributed by atoms with van der Waals surface area (Å²) in [7, 11) is 1.62. The molecule has 0 aromatic heterocycles. The van der Waals surface area contributed by atoms with E-state index >= 15 is 0 Å². The van der Waals surface area contributed by atoms with Crippen molar-refractivity contribution in [3.63, 3.8) is 0 Å². The number of carbonyl (C=O) groups is 2. The number of thiocarbonyl (C=S) groups is 1. The van der Waals surface area contributed by atoms with Gasteiger partial charge in [0.25, 0.3) is 11.8 Å². The molecule has 2 aliphatic rings. The van der Waals surface area contributed by atoms with Crippen molar-refractivity contribution >= 4 is 52.7 Å². The Kier molecular flexibility index (Phi) is 4.77. The summed E-state index contributed by atoms with van der Waals surface area (Å²) in [4.78, 5) is 30.5. The molecule has 3 rings (SSSR count). The van der Waals surface area contributed by atoms with Crippen LogP contribution in [0.4, 0.5) is 0 Å². The van der Waals surface area contributed by atoms with Crippen molar-refractivity contribution in [2.45, 2.75) is 42.9 Å². The van der Waals surface area contributed by atoms with E-state index in [0.717, 1.165) is 14.0 Å². The molecule has 2 amide bonds. The molecule has 1 saturated heterocycles. The maximum atomic E-state index is 12.8. The van der Waals surface area contributed by atoms with Gasteiger partial charge < -0.3 is 0 Å². The van der Waals surface area contributed by atoms with Crippen LogP contribution in [0.3, 0.4) is 0 Å². The third kappa shape index (κ3) is 3.13. The van der Waals surface area contributed by atoms with Gasteiger partial charge in [-0.2, -0.15) is 0 Å². The van der Waals surface area contributed by atoms with Crippen molar-refractivity contribution in [3.05, 3.63) is 33.6 Å². The molecule has 0 bridgehead atoms. The second-order valence-corrected chi connectivity index (χ2v) is 9.70. The Morgan fingerprint density at radius 3 is 2.32 bits per heavy atom. The van der Waals surface area contributed by atoms with Crippen LogP contribution in [0, 0.1) is 0 Å². The largest absolute Gasteiger partial charge is 0.288 e. The van der Waals surface area contributed by atoms with Gasteiger partial charge in [0, 0.05) is 23.4 Å². The lowest BCUT2D eigenvalue weighted by Gasteiger charge is -2.34. The van der Waals surface area contributed by atoms with Crippen LogP contribution in [0.5, 0.6) is 0 Å². The van der Waals surface area contributed by atoms with Gasteiger partial charge in [0.05, 0.1) is 4.24 Å². The first-order valence-electron chi connectivity index (χ1n) is 8.03. The number of thioether (sulfide) groups is 2. The van der Waals surface area contributed by atoms with Crippen LogP contribution in [0.2, 0.25) is 0 Å². The molecular weight excluding hydrogens is 372 g/mol. The zero-order chi connectivity index (χ0) is 18.5. The number of nitrogens with zero attached hydrogens (tertiary/aromatic N) is 2. The number of rotatable bonds is 1. The minimum atomic E-state index is -0.321. The third-order valence-corrected chi connectivity index (χ3v) is 7.27. The Hall–Kier alpha value is -1.31. The lowest BCUT2D eigenvalue weighted by atomic mass is 9.87. The van der Waals surface area contributed by atoms with Crippen molar-refractivity contribution in [2.75, 3.05) is 13.6 Å². The first kappa shape index (κ1) is 18.5. The number of likely N-dealkylation sites (N-methyl/N-ethyl adjacent to an activating group) is 2. The lowest BCUT2D eigenvalue weighted by Crippen LogP contribution is -2.54. The predicted octanol–water partition coefficient (Wildman–Crippen LogP) is 4.00. The van der Waals surface area contributed by atoms with E-state index in [1.165, 1.54) is 38.9 Å². The number of fused-ring (bicyclic) bond motifs is 1. The van der Waals surface area contributed by atoms with Crippen molar-refractivity contribution in [1.29, 1.82) is 0 Å². The summed E-state index contributed by atoms with van der Waals surface area (Å²) in [5.41, 5.74) is 1.51. The maximum absolute atomic E-state index is 12.8. The Morgan fingerprint density at radius 1 is 1.08 bits per heavy atom. The van der Waals surface area contributed by atoms with E-state index < -0.39 is 0 Å².